The van der Waals surface area contributed by atoms with E-state index in [4.69, 9.17) is 14.2 Å². The van der Waals surface area contributed by atoms with Crippen LogP contribution in [0.1, 0.15) is 31.2 Å². The molecule has 6 atom stereocenters. The molecule has 4 heteroatoms. The SMILES string of the molecule is O=C(OC1(c2ccccc2)CC2CCC1O2)C1CC2C=CC1O2. The zero-order chi connectivity index (χ0) is 15.4. The minimum Gasteiger partial charge on any atom is -0.451 e. The first kappa shape index (κ1) is 13.8. The molecular weight excluding hydrogens is 292 g/mol. The Morgan fingerprint density at radius 3 is 2.61 bits per heavy atom. The Morgan fingerprint density at radius 2 is 2.00 bits per heavy atom. The Balaban J connectivity index is 1.45. The second-order valence-electron chi connectivity index (χ2n) is 7.07. The van der Waals surface area contributed by atoms with Crippen LogP contribution < -0.4 is 0 Å². The minimum absolute atomic E-state index is 0.0195. The summed E-state index contributed by atoms with van der Waals surface area (Å²) in [5.41, 5.74) is 0.437. The van der Waals surface area contributed by atoms with Crippen molar-refractivity contribution in [3.05, 3.63) is 48.0 Å². The number of ether oxygens (including phenoxy) is 3. The molecule has 4 bridgehead atoms. The van der Waals surface area contributed by atoms with Crippen LogP contribution in [0.4, 0.5) is 0 Å². The van der Waals surface area contributed by atoms with Crippen LogP contribution in [-0.2, 0) is 24.6 Å². The van der Waals surface area contributed by atoms with Crippen LogP contribution in [0.25, 0.3) is 0 Å². The van der Waals surface area contributed by atoms with Crippen LogP contribution >= 0.6 is 0 Å². The Morgan fingerprint density at radius 1 is 1.13 bits per heavy atom. The summed E-state index contributed by atoms with van der Waals surface area (Å²) in [5, 5.41) is 0. The Labute approximate surface area is 135 Å². The summed E-state index contributed by atoms with van der Waals surface area (Å²) in [4.78, 5) is 12.9. The summed E-state index contributed by atoms with van der Waals surface area (Å²) in [6.45, 7) is 0. The summed E-state index contributed by atoms with van der Waals surface area (Å²) in [6.07, 6.45) is 7.73. The van der Waals surface area contributed by atoms with Gasteiger partial charge >= 0.3 is 5.97 Å². The number of esters is 1. The van der Waals surface area contributed by atoms with Crippen molar-refractivity contribution in [2.75, 3.05) is 0 Å². The second-order valence-corrected chi connectivity index (χ2v) is 7.07. The fraction of sp³-hybridized carbons (Fsp3) is 0.526. The Bertz CT molecular complexity index is 655. The van der Waals surface area contributed by atoms with Crippen LogP contribution in [0, 0.1) is 5.92 Å². The van der Waals surface area contributed by atoms with Gasteiger partial charge < -0.3 is 14.2 Å². The molecule has 4 heterocycles. The van der Waals surface area contributed by atoms with Gasteiger partial charge in [-0.3, -0.25) is 4.79 Å². The van der Waals surface area contributed by atoms with Crippen molar-refractivity contribution in [2.45, 2.75) is 55.7 Å². The van der Waals surface area contributed by atoms with Gasteiger partial charge in [-0.2, -0.15) is 0 Å². The Kier molecular flexibility index (Phi) is 2.94. The molecule has 4 nitrogen and oxygen atoms in total. The number of carbonyl (C=O) groups excluding carboxylic acids is 1. The molecule has 3 fully saturated rings. The predicted molar refractivity (Wildman–Crippen MR) is 82.6 cm³/mol. The number of fused-ring (bicyclic) bond motifs is 4. The van der Waals surface area contributed by atoms with Gasteiger partial charge in [0, 0.05) is 6.42 Å². The minimum atomic E-state index is -0.618. The van der Waals surface area contributed by atoms with Crippen molar-refractivity contribution in [2.24, 2.45) is 5.92 Å². The van der Waals surface area contributed by atoms with E-state index < -0.39 is 5.60 Å². The normalized spacial score (nSPS) is 43.2. The largest absolute Gasteiger partial charge is 0.451 e. The summed E-state index contributed by atoms with van der Waals surface area (Å²) >= 11 is 0. The van der Waals surface area contributed by atoms with E-state index in [-0.39, 0.29) is 36.3 Å². The summed E-state index contributed by atoms with van der Waals surface area (Å²) < 4.78 is 18.0. The number of benzene rings is 1. The Hall–Kier alpha value is -1.65. The van der Waals surface area contributed by atoms with E-state index in [0.717, 1.165) is 31.2 Å². The van der Waals surface area contributed by atoms with Crippen LogP contribution in [0.3, 0.4) is 0 Å². The van der Waals surface area contributed by atoms with Crippen molar-refractivity contribution in [1.82, 2.24) is 0 Å². The molecule has 0 saturated carbocycles. The highest BCUT2D eigenvalue weighted by Crippen LogP contribution is 2.51. The number of hydrogen-bond donors (Lipinski definition) is 0. The summed E-state index contributed by atoms with van der Waals surface area (Å²) in [6, 6.07) is 10.1. The van der Waals surface area contributed by atoms with Crippen LogP contribution in [0.15, 0.2) is 42.5 Å². The number of hydrogen-bond acceptors (Lipinski definition) is 4. The standard InChI is InChI=1S/C19H20O4/c20-18(15-10-13-6-8-16(15)21-13)23-19(12-4-2-1-3-5-12)11-14-7-9-17(19)22-14/h1-6,8,13-17H,7,9-11H2. The van der Waals surface area contributed by atoms with E-state index in [1.54, 1.807) is 0 Å². The summed E-state index contributed by atoms with van der Waals surface area (Å²) in [7, 11) is 0. The molecule has 0 radical (unpaired) electrons. The molecular formula is C19H20O4. The maximum absolute atomic E-state index is 12.9. The highest BCUT2D eigenvalue weighted by molar-refractivity contribution is 5.75. The number of carbonyl (C=O) groups is 1. The second kappa shape index (κ2) is 4.92. The predicted octanol–water partition coefficient (Wildman–Crippen LogP) is 2.72. The molecule has 6 unspecified atom stereocenters. The highest BCUT2D eigenvalue weighted by Gasteiger charge is 2.57. The van der Waals surface area contributed by atoms with E-state index in [2.05, 4.69) is 12.1 Å². The number of rotatable bonds is 3. The van der Waals surface area contributed by atoms with E-state index in [0.29, 0.717) is 0 Å². The molecule has 0 aliphatic carbocycles. The third-order valence-electron chi connectivity index (χ3n) is 5.74. The molecule has 1 aromatic carbocycles. The van der Waals surface area contributed by atoms with Gasteiger partial charge in [0.25, 0.3) is 0 Å². The van der Waals surface area contributed by atoms with Gasteiger partial charge in [-0.05, 0) is 24.8 Å². The first-order valence-electron chi connectivity index (χ1n) is 8.52. The molecule has 4 aliphatic rings. The average Bonchev–Trinajstić information content (AvgIpc) is 3.36. The third kappa shape index (κ3) is 2.01. The zero-order valence-electron chi connectivity index (χ0n) is 12.9. The van der Waals surface area contributed by atoms with E-state index in [9.17, 15) is 4.79 Å². The van der Waals surface area contributed by atoms with E-state index in [1.165, 1.54) is 0 Å². The lowest BCUT2D eigenvalue weighted by atomic mass is 9.79. The maximum Gasteiger partial charge on any atom is 0.313 e. The molecule has 5 rings (SSSR count). The summed E-state index contributed by atoms with van der Waals surface area (Å²) in [5.74, 6) is -0.313. The molecule has 0 amide bonds. The van der Waals surface area contributed by atoms with Gasteiger partial charge in [0.1, 0.15) is 6.10 Å². The van der Waals surface area contributed by atoms with Gasteiger partial charge in [-0.15, -0.1) is 0 Å². The smallest absolute Gasteiger partial charge is 0.313 e. The molecule has 0 N–H and O–H groups in total. The van der Waals surface area contributed by atoms with Gasteiger partial charge in [0.05, 0.1) is 24.2 Å². The molecule has 120 valence electrons. The van der Waals surface area contributed by atoms with Crippen LogP contribution in [-0.4, -0.2) is 30.4 Å². The zero-order valence-corrected chi connectivity index (χ0v) is 12.9. The van der Waals surface area contributed by atoms with Crippen LogP contribution in [0.2, 0.25) is 0 Å². The van der Waals surface area contributed by atoms with E-state index >= 15 is 0 Å². The first-order valence-corrected chi connectivity index (χ1v) is 8.52. The highest BCUT2D eigenvalue weighted by atomic mass is 16.6. The van der Waals surface area contributed by atoms with Crippen molar-refractivity contribution < 1.29 is 19.0 Å². The average molecular weight is 312 g/mol. The third-order valence-corrected chi connectivity index (χ3v) is 5.74. The van der Waals surface area contributed by atoms with Crippen molar-refractivity contribution in [1.29, 1.82) is 0 Å². The lowest BCUT2D eigenvalue weighted by molar-refractivity contribution is -0.173. The van der Waals surface area contributed by atoms with Gasteiger partial charge in [0.15, 0.2) is 5.60 Å². The topological polar surface area (TPSA) is 44.8 Å². The first-order chi connectivity index (χ1) is 11.2. The van der Waals surface area contributed by atoms with Gasteiger partial charge in [-0.25, -0.2) is 0 Å². The van der Waals surface area contributed by atoms with Crippen LogP contribution in [0.5, 0.6) is 0 Å². The monoisotopic (exact) mass is 312 g/mol. The lowest BCUT2D eigenvalue weighted by Gasteiger charge is -2.36. The van der Waals surface area contributed by atoms with Crippen molar-refractivity contribution in [3.63, 3.8) is 0 Å². The van der Waals surface area contributed by atoms with Crippen molar-refractivity contribution in [3.8, 4) is 0 Å². The molecule has 3 saturated heterocycles. The maximum atomic E-state index is 12.9. The molecule has 23 heavy (non-hydrogen) atoms. The van der Waals surface area contributed by atoms with Gasteiger partial charge in [-0.1, -0.05) is 42.5 Å². The molecule has 0 aromatic heterocycles. The molecule has 0 spiro atoms. The quantitative estimate of drug-likeness (QED) is 0.636. The van der Waals surface area contributed by atoms with E-state index in [1.807, 2.05) is 30.4 Å². The molecule has 1 aromatic rings. The molecule has 4 aliphatic heterocycles. The fourth-order valence-corrected chi connectivity index (χ4v) is 4.62. The lowest BCUT2D eigenvalue weighted by Crippen LogP contribution is -2.43. The van der Waals surface area contributed by atoms with Gasteiger partial charge in [0.2, 0.25) is 0 Å². The van der Waals surface area contributed by atoms with Crippen molar-refractivity contribution >= 4 is 5.97 Å². The fourth-order valence-electron chi connectivity index (χ4n) is 4.62.